The molecule has 0 aliphatic heterocycles. The molecule has 96 valence electrons. The maximum absolute atomic E-state index is 4.34. The number of pyridine rings is 1. The van der Waals surface area contributed by atoms with E-state index in [0.29, 0.717) is 5.78 Å². The molecule has 3 heterocycles. The Morgan fingerprint density at radius 1 is 1.26 bits per heavy atom. The maximum Gasteiger partial charge on any atom is 0.254 e. The van der Waals surface area contributed by atoms with E-state index in [1.807, 2.05) is 31.2 Å². The van der Waals surface area contributed by atoms with Crippen molar-refractivity contribution < 1.29 is 0 Å². The van der Waals surface area contributed by atoms with Crippen LogP contribution in [0.4, 0.5) is 5.82 Å². The Bertz CT molecular complexity index is 691. The molecule has 3 aromatic heterocycles. The summed E-state index contributed by atoms with van der Waals surface area (Å²) in [5.74, 6) is 1.45. The lowest BCUT2D eigenvalue weighted by Gasteiger charge is -2.15. The number of hydrogen-bond acceptors (Lipinski definition) is 5. The summed E-state index contributed by atoms with van der Waals surface area (Å²) < 4.78 is 1.69. The summed E-state index contributed by atoms with van der Waals surface area (Å²) in [6.07, 6.45) is 3.29. The predicted octanol–water partition coefficient (Wildman–Crippen LogP) is 2.00. The Morgan fingerprint density at radius 3 is 2.95 bits per heavy atom. The Kier molecular flexibility index (Phi) is 2.83. The molecular weight excluding hydrogens is 240 g/mol. The van der Waals surface area contributed by atoms with Gasteiger partial charge in [0.25, 0.3) is 5.78 Å². The number of nitrogens with zero attached hydrogens (tertiary/aromatic N) is 5. The van der Waals surface area contributed by atoms with Crippen molar-refractivity contribution in [2.24, 2.45) is 0 Å². The van der Waals surface area contributed by atoms with Crippen LogP contribution in [0.15, 0.2) is 36.8 Å². The maximum atomic E-state index is 4.34. The summed E-state index contributed by atoms with van der Waals surface area (Å²) in [5.41, 5.74) is 1.88. The van der Waals surface area contributed by atoms with Gasteiger partial charge in [-0.25, -0.2) is 4.98 Å². The third-order valence-corrected chi connectivity index (χ3v) is 2.88. The standard InChI is InChI=1S/C13H14N6/c1-9-7-12(19-13(17-9)15-8-16-19)18-10(2)11-5-3-4-6-14-11/h3-8,10,18H,1-2H3/t10-/m0/s1. The highest BCUT2D eigenvalue weighted by Crippen LogP contribution is 2.17. The molecule has 0 saturated heterocycles. The molecule has 3 aromatic rings. The second kappa shape index (κ2) is 4.64. The summed E-state index contributed by atoms with van der Waals surface area (Å²) in [6, 6.07) is 7.90. The molecule has 0 bridgehead atoms. The number of anilines is 1. The fourth-order valence-corrected chi connectivity index (χ4v) is 1.96. The molecule has 0 aliphatic carbocycles. The van der Waals surface area contributed by atoms with Gasteiger partial charge in [-0.3, -0.25) is 4.98 Å². The molecule has 6 nitrogen and oxygen atoms in total. The van der Waals surface area contributed by atoms with E-state index in [2.05, 4.69) is 32.3 Å². The van der Waals surface area contributed by atoms with Gasteiger partial charge in [0.05, 0.1) is 11.7 Å². The van der Waals surface area contributed by atoms with Crippen molar-refractivity contribution in [1.82, 2.24) is 24.6 Å². The molecule has 19 heavy (non-hydrogen) atoms. The fourth-order valence-electron chi connectivity index (χ4n) is 1.96. The number of aromatic nitrogens is 5. The topological polar surface area (TPSA) is 68.0 Å². The van der Waals surface area contributed by atoms with Crippen molar-refractivity contribution in [3.8, 4) is 0 Å². The fraction of sp³-hybridized carbons (Fsp3) is 0.231. The molecule has 3 rings (SSSR count). The van der Waals surface area contributed by atoms with Crippen LogP contribution in [0.25, 0.3) is 5.78 Å². The van der Waals surface area contributed by atoms with Crippen LogP contribution in [-0.4, -0.2) is 24.6 Å². The SMILES string of the molecule is Cc1cc(N[C@@H](C)c2ccccn2)n2ncnc2n1. The molecule has 0 saturated carbocycles. The van der Waals surface area contributed by atoms with E-state index >= 15 is 0 Å². The van der Waals surface area contributed by atoms with Gasteiger partial charge in [-0.1, -0.05) is 6.07 Å². The van der Waals surface area contributed by atoms with Gasteiger partial charge in [0.1, 0.15) is 12.1 Å². The molecule has 0 spiro atoms. The molecule has 0 aliphatic rings. The van der Waals surface area contributed by atoms with E-state index < -0.39 is 0 Å². The molecule has 0 fully saturated rings. The zero-order valence-corrected chi connectivity index (χ0v) is 10.8. The zero-order valence-electron chi connectivity index (χ0n) is 10.8. The smallest absolute Gasteiger partial charge is 0.254 e. The summed E-state index contributed by atoms with van der Waals surface area (Å²) in [4.78, 5) is 12.8. The minimum atomic E-state index is 0.0791. The van der Waals surface area contributed by atoms with Gasteiger partial charge >= 0.3 is 0 Å². The van der Waals surface area contributed by atoms with Crippen molar-refractivity contribution in [1.29, 1.82) is 0 Å². The molecule has 1 atom stereocenters. The van der Waals surface area contributed by atoms with E-state index in [9.17, 15) is 0 Å². The van der Waals surface area contributed by atoms with Crippen LogP contribution in [0.5, 0.6) is 0 Å². The number of aryl methyl sites for hydroxylation is 1. The second-order valence-corrected chi connectivity index (χ2v) is 4.38. The second-order valence-electron chi connectivity index (χ2n) is 4.38. The highest BCUT2D eigenvalue weighted by Gasteiger charge is 2.10. The van der Waals surface area contributed by atoms with E-state index in [4.69, 9.17) is 0 Å². The monoisotopic (exact) mass is 254 g/mol. The third kappa shape index (κ3) is 2.24. The number of hydrogen-bond donors (Lipinski definition) is 1. The molecule has 0 aromatic carbocycles. The molecule has 0 radical (unpaired) electrons. The van der Waals surface area contributed by atoms with Crippen LogP contribution >= 0.6 is 0 Å². The van der Waals surface area contributed by atoms with Crippen molar-refractivity contribution in [2.45, 2.75) is 19.9 Å². The normalized spacial score (nSPS) is 12.5. The van der Waals surface area contributed by atoms with Gasteiger partial charge < -0.3 is 5.32 Å². The minimum Gasteiger partial charge on any atom is -0.362 e. The van der Waals surface area contributed by atoms with Gasteiger partial charge in [0.2, 0.25) is 0 Å². The zero-order chi connectivity index (χ0) is 13.2. The Balaban J connectivity index is 1.95. The Labute approximate surface area is 110 Å². The highest BCUT2D eigenvalue weighted by molar-refractivity contribution is 5.45. The van der Waals surface area contributed by atoms with Crippen molar-refractivity contribution in [2.75, 3.05) is 5.32 Å². The molecule has 6 heteroatoms. The third-order valence-electron chi connectivity index (χ3n) is 2.88. The lowest BCUT2D eigenvalue weighted by atomic mass is 10.2. The van der Waals surface area contributed by atoms with Crippen LogP contribution in [0.3, 0.4) is 0 Å². The van der Waals surface area contributed by atoms with Crippen LogP contribution in [0.1, 0.15) is 24.4 Å². The van der Waals surface area contributed by atoms with Crippen LogP contribution in [-0.2, 0) is 0 Å². The number of fused-ring (bicyclic) bond motifs is 1. The van der Waals surface area contributed by atoms with Gasteiger partial charge in [0, 0.05) is 18.0 Å². The first-order valence-corrected chi connectivity index (χ1v) is 6.09. The number of rotatable bonds is 3. The quantitative estimate of drug-likeness (QED) is 0.774. The van der Waals surface area contributed by atoms with Gasteiger partial charge in [0.15, 0.2) is 0 Å². The summed E-state index contributed by atoms with van der Waals surface area (Å²) in [7, 11) is 0. The average molecular weight is 254 g/mol. The van der Waals surface area contributed by atoms with Crippen LogP contribution < -0.4 is 5.32 Å². The van der Waals surface area contributed by atoms with Gasteiger partial charge in [-0.15, -0.1) is 0 Å². The minimum absolute atomic E-state index is 0.0791. The van der Waals surface area contributed by atoms with Crippen molar-refractivity contribution in [3.05, 3.63) is 48.2 Å². The first-order valence-electron chi connectivity index (χ1n) is 6.09. The molecule has 1 N–H and O–H groups in total. The molecular formula is C13H14N6. The summed E-state index contributed by atoms with van der Waals surface area (Å²) in [6.45, 7) is 3.99. The molecule has 0 amide bonds. The Morgan fingerprint density at radius 2 is 2.16 bits per heavy atom. The van der Waals surface area contributed by atoms with Crippen LogP contribution in [0.2, 0.25) is 0 Å². The summed E-state index contributed by atoms with van der Waals surface area (Å²) >= 11 is 0. The lowest BCUT2D eigenvalue weighted by molar-refractivity contribution is 0.808. The first-order chi connectivity index (χ1) is 9.24. The number of nitrogens with one attached hydrogen (secondary N) is 1. The van der Waals surface area contributed by atoms with E-state index in [1.54, 1.807) is 10.7 Å². The van der Waals surface area contributed by atoms with E-state index in [-0.39, 0.29) is 6.04 Å². The van der Waals surface area contributed by atoms with Crippen LogP contribution in [0, 0.1) is 6.92 Å². The van der Waals surface area contributed by atoms with Crippen molar-refractivity contribution in [3.63, 3.8) is 0 Å². The van der Waals surface area contributed by atoms with Gasteiger partial charge in [-0.05, 0) is 26.0 Å². The first kappa shape index (κ1) is 11.6. The van der Waals surface area contributed by atoms with Gasteiger partial charge in [-0.2, -0.15) is 14.6 Å². The lowest BCUT2D eigenvalue weighted by Crippen LogP contribution is -2.12. The summed E-state index contributed by atoms with van der Waals surface area (Å²) in [5, 5.41) is 7.55. The Hall–Kier alpha value is -2.50. The van der Waals surface area contributed by atoms with E-state index in [0.717, 1.165) is 17.2 Å². The predicted molar refractivity (Wildman–Crippen MR) is 71.8 cm³/mol. The largest absolute Gasteiger partial charge is 0.362 e. The average Bonchev–Trinajstić information content (AvgIpc) is 2.88. The van der Waals surface area contributed by atoms with E-state index in [1.165, 1.54) is 6.33 Å². The van der Waals surface area contributed by atoms with Crippen molar-refractivity contribution >= 4 is 11.6 Å². The molecule has 0 unspecified atom stereocenters. The highest BCUT2D eigenvalue weighted by atomic mass is 15.4.